The van der Waals surface area contributed by atoms with Crippen molar-refractivity contribution in [2.75, 3.05) is 20.3 Å². The van der Waals surface area contributed by atoms with Gasteiger partial charge in [0, 0.05) is 0 Å². The SMILES string of the molecule is COC(=O)C(=O)C(C)P(=O)(OCC(F)(F)F)OCC(F)(F)F. The number of methoxy groups -OCH3 is 1. The molecule has 0 aromatic heterocycles. The Hall–Kier alpha value is -1.13. The minimum Gasteiger partial charge on any atom is -0.463 e. The van der Waals surface area contributed by atoms with Crippen LogP contribution in [0.5, 0.6) is 0 Å². The van der Waals surface area contributed by atoms with E-state index in [2.05, 4.69) is 13.8 Å². The quantitative estimate of drug-likeness (QED) is 0.300. The average Bonchev–Trinajstić information content (AvgIpc) is 2.38. The van der Waals surface area contributed by atoms with Crippen LogP contribution >= 0.6 is 7.60 Å². The fourth-order valence-electron chi connectivity index (χ4n) is 1.00. The molecule has 1 unspecified atom stereocenters. The molecular formula is C9H11F6O6P. The molecule has 0 aromatic rings. The van der Waals surface area contributed by atoms with Gasteiger partial charge in [-0.05, 0) is 6.92 Å². The Balaban J connectivity index is 5.26. The number of hydrogen-bond donors (Lipinski definition) is 0. The van der Waals surface area contributed by atoms with E-state index < -0.39 is 50.6 Å². The molecule has 130 valence electrons. The van der Waals surface area contributed by atoms with Crippen molar-refractivity contribution < 1.29 is 54.3 Å². The minimum atomic E-state index is -5.22. The standard InChI is InChI=1S/C9H11F6O6P/c1-5(6(16)7(17)19-2)22(18,20-3-8(10,11)12)21-4-9(13,14)15/h5H,3-4H2,1-2H3. The molecule has 0 bridgehead atoms. The molecule has 0 N–H and O–H groups in total. The number of esters is 1. The average molecular weight is 360 g/mol. The molecule has 0 radical (unpaired) electrons. The van der Waals surface area contributed by atoms with Crippen LogP contribution in [0.25, 0.3) is 0 Å². The van der Waals surface area contributed by atoms with Gasteiger partial charge in [0.25, 0.3) is 5.78 Å². The monoisotopic (exact) mass is 360 g/mol. The van der Waals surface area contributed by atoms with E-state index in [1.807, 2.05) is 0 Å². The summed E-state index contributed by atoms with van der Waals surface area (Å²) in [7, 11) is -4.48. The van der Waals surface area contributed by atoms with Gasteiger partial charge in [-0.15, -0.1) is 0 Å². The molecule has 0 aliphatic heterocycles. The van der Waals surface area contributed by atoms with E-state index in [1.54, 1.807) is 0 Å². The van der Waals surface area contributed by atoms with Crippen LogP contribution in [-0.4, -0.2) is 50.1 Å². The van der Waals surface area contributed by atoms with Crippen molar-refractivity contribution in [3.8, 4) is 0 Å². The zero-order valence-electron chi connectivity index (χ0n) is 11.2. The Labute approximate surface area is 120 Å². The van der Waals surface area contributed by atoms with Gasteiger partial charge in [-0.1, -0.05) is 0 Å². The first-order chi connectivity index (χ1) is 9.72. The second-order valence-electron chi connectivity index (χ2n) is 3.85. The number of carbonyl (C=O) groups excluding carboxylic acids is 2. The van der Waals surface area contributed by atoms with Crippen molar-refractivity contribution in [2.45, 2.75) is 24.9 Å². The third-order valence-electron chi connectivity index (χ3n) is 2.06. The summed E-state index contributed by atoms with van der Waals surface area (Å²) >= 11 is 0. The lowest BCUT2D eigenvalue weighted by Crippen LogP contribution is -2.31. The maximum atomic E-state index is 12.0. The number of carbonyl (C=O) groups is 2. The third-order valence-corrected chi connectivity index (χ3v) is 4.22. The molecule has 1 atom stereocenters. The molecule has 0 rings (SSSR count). The van der Waals surface area contributed by atoms with E-state index in [9.17, 15) is 40.5 Å². The number of ether oxygens (including phenoxy) is 1. The molecule has 0 spiro atoms. The first-order valence-corrected chi connectivity index (χ1v) is 6.97. The highest BCUT2D eigenvalue weighted by atomic mass is 31.2. The Morgan fingerprint density at radius 2 is 1.36 bits per heavy atom. The fraction of sp³-hybridized carbons (Fsp3) is 0.778. The zero-order valence-corrected chi connectivity index (χ0v) is 12.1. The largest absolute Gasteiger partial charge is 0.463 e. The lowest BCUT2D eigenvalue weighted by Gasteiger charge is -2.23. The summed E-state index contributed by atoms with van der Waals surface area (Å²) in [5, 5.41) is 0. The van der Waals surface area contributed by atoms with Crippen LogP contribution in [0.3, 0.4) is 0 Å². The number of rotatable bonds is 7. The molecular weight excluding hydrogens is 349 g/mol. The van der Waals surface area contributed by atoms with E-state index in [1.165, 1.54) is 0 Å². The van der Waals surface area contributed by atoms with Gasteiger partial charge in [0.2, 0.25) is 0 Å². The number of alkyl halides is 6. The van der Waals surface area contributed by atoms with E-state index >= 15 is 0 Å². The van der Waals surface area contributed by atoms with Crippen LogP contribution in [-0.2, 0) is 27.9 Å². The van der Waals surface area contributed by atoms with Crippen molar-refractivity contribution in [1.29, 1.82) is 0 Å². The molecule has 0 aromatic carbocycles. The Bertz CT molecular complexity index is 436. The Morgan fingerprint density at radius 3 is 1.64 bits per heavy atom. The predicted molar refractivity (Wildman–Crippen MR) is 58.1 cm³/mol. The molecule has 6 nitrogen and oxygen atoms in total. The van der Waals surface area contributed by atoms with E-state index in [-0.39, 0.29) is 0 Å². The van der Waals surface area contributed by atoms with Crippen LogP contribution in [0.4, 0.5) is 26.3 Å². The highest BCUT2D eigenvalue weighted by molar-refractivity contribution is 7.56. The van der Waals surface area contributed by atoms with Crippen LogP contribution in [0.15, 0.2) is 0 Å². The normalized spacial score (nSPS) is 14.5. The lowest BCUT2D eigenvalue weighted by atomic mass is 10.3. The number of hydrogen-bond acceptors (Lipinski definition) is 6. The van der Waals surface area contributed by atoms with Gasteiger partial charge in [-0.3, -0.25) is 18.4 Å². The maximum Gasteiger partial charge on any atom is 0.412 e. The van der Waals surface area contributed by atoms with Gasteiger partial charge in [-0.25, -0.2) is 4.79 Å². The molecule has 0 aliphatic rings. The molecule has 0 heterocycles. The molecule has 0 saturated carbocycles. The lowest BCUT2D eigenvalue weighted by molar-refractivity contribution is -0.166. The zero-order chi connectivity index (χ0) is 17.8. The van der Waals surface area contributed by atoms with Gasteiger partial charge in [0.1, 0.15) is 5.66 Å². The van der Waals surface area contributed by atoms with Crippen molar-refractivity contribution in [2.24, 2.45) is 0 Å². The number of halogens is 6. The van der Waals surface area contributed by atoms with Crippen molar-refractivity contribution >= 4 is 19.3 Å². The minimum absolute atomic E-state index is 0.632. The molecule has 13 heteroatoms. The van der Waals surface area contributed by atoms with E-state index in [0.29, 0.717) is 6.92 Å². The van der Waals surface area contributed by atoms with Crippen LogP contribution < -0.4 is 0 Å². The van der Waals surface area contributed by atoms with Crippen molar-refractivity contribution in [1.82, 2.24) is 0 Å². The van der Waals surface area contributed by atoms with Crippen molar-refractivity contribution in [3.05, 3.63) is 0 Å². The second kappa shape index (κ2) is 7.42. The van der Waals surface area contributed by atoms with Gasteiger partial charge >= 0.3 is 25.9 Å². The van der Waals surface area contributed by atoms with Gasteiger partial charge in [0.05, 0.1) is 7.11 Å². The summed E-state index contributed by atoms with van der Waals surface area (Å²) in [5.41, 5.74) is -2.20. The first kappa shape index (κ1) is 20.9. The van der Waals surface area contributed by atoms with Crippen LogP contribution in [0.1, 0.15) is 6.92 Å². The summed E-state index contributed by atoms with van der Waals surface area (Å²) < 4.78 is 95.9. The molecule has 0 amide bonds. The third kappa shape index (κ3) is 7.23. The predicted octanol–water partition coefficient (Wildman–Crippen LogP) is 2.47. The van der Waals surface area contributed by atoms with Crippen LogP contribution in [0.2, 0.25) is 0 Å². The molecule has 0 fully saturated rings. The smallest absolute Gasteiger partial charge is 0.412 e. The molecule has 0 aliphatic carbocycles. The second-order valence-corrected chi connectivity index (χ2v) is 6.22. The summed E-state index contributed by atoms with van der Waals surface area (Å²) in [6, 6.07) is 0. The summed E-state index contributed by atoms with van der Waals surface area (Å²) in [6.45, 7) is -3.81. The van der Waals surface area contributed by atoms with Gasteiger partial charge < -0.3 is 4.74 Å². The number of ketones is 1. The Morgan fingerprint density at radius 1 is 1.00 bits per heavy atom. The topological polar surface area (TPSA) is 78.9 Å². The van der Waals surface area contributed by atoms with Gasteiger partial charge in [0.15, 0.2) is 13.2 Å². The number of Topliss-reactive ketones (excluding diaryl/α,β-unsaturated/α-hetero) is 1. The fourth-order valence-corrected chi connectivity index (χ4v) is 2.57. The molecule has 0 saturated heterocycles. The summed E-state index contributed by atoms with van der Waals surface area (Å²) in [6.07, 6.45) is -10.1. The highest BCUT2D eigenvalue weighted by Gasteiger charge is 2.46. The van der Waals surface area contributed by atoms with E-state index in [4.69, 9.17) is 0 Å². The summed E-state index contributed by atoms with van der Waals surface area (Å²) in [5.74, 6) is -3.26. The molecule has 22 heavy (non-hydrogen) atoms. The van der Waals surface area contributed by atoms with Crippen molar-refractivity contribution in [3.63, 3.8) is 0 Å². The summed E-state index contributed by atoms with van der Waals surface area (Å²) in [4.78, 5) is 22.4. The Kier molecular flexibility index (Phi) is 7.04. The van der Waals surface area contributed by atoms with E-state index in [0.717, 1.165) is 7.11 Å². The highest BCUT2D eigenvalue weighted by Crippen LogP contribution is 2.55. The van der Waals surface area contributed by atoms with Gasteiger partial charge in [-0.2, -0.15) is 26.3 Å². The van der Waals surface area contributed by atoms with Crippen LogP contribution in [0, 0.1) is 0 Å². The maximum absolute atomic E-state index is 12.0. The first-order valence-electron chi connectivity index (χ1n) is 5.36.